The topological polar surface area (TPSA) is 50.2 Å². The molecule has 3 atom stereocenters. The zero-order valence-corrected chi connectivity index (χ0v) is 15.2. The van der Waals surface area contributed by atoms with Crippen LogP contribution in [0.3, 0.4) is 0 Å². The highest BCUT2D eigenvalue weighted by Gasteiger charge is 2.39. The molecule has 0 aliphatic heterocycles. The van der Waals surface area contributed by atoms with Gasteiger partial charge in [-0.3, -0.25) is 9.78 Å². The second-order valence-corrected chi connectivity index (χ2v) is 7.16. The van der Waals surface area contributed by atoms with Crippen LogP contribution in [0.25, 0.3) is 11.3 Å². The fourth-order valence-corrected chi connectivity index (χ4v) is 4.25. The lowest BCUT2D eigenvalue weighted by Crippen LogP contribution is -2.37. The van der Waals surface area contributed by atoms with Crippen molar-refractivity contribution in [2.24, 2.45) is 5.92 Å². The molecule has 1 saturated carbocycles. The van der Waals surface area contributed by atoms with Gasteiger partial charge in [0, 0.05) is 17.3 Å². The van der Waals surface area contributed by atoms with Crippen molar-refractivity contribution in [3.05, 3.63) is 90.1 Å². The van der Waals surface area contributed by atoms with E-state index in [4.69, 9.17) is 0 Å². The Hall–Kier alpha value is -2.78. The van der Waals surface area contributed by atoms with Crippen LogP contribution in [0.4, 0.5) is 0 Å². The van der Waals surface area contributed by atoms with Crippen molar-refractivity contribution in [1.82, 2.24) is 4.98 Å². The summed E-state index contributed by atoms with van der Waals surface area (Å²) in [6.07, 6.45) is 3.65. The fraction of sp³-hybridized carbons (Fsp3) is 0.250. The van der Waals surface area contributed by atoms with E-state index in [0.717, 1.165) is 29.7 Å². The number of carbonyl (C=O) groups is 1. The maximum absolute atomic E-state index is 13.3. The molecule has 4 rings (SSSR count). The maximum Gasteiger partial charge on any atom is 0.169 e. The van der Waals surface area contributed by atoms with E-state index < -0.39 is 12.0 Å². The molecular weight excluding hydrogens is 334 g/mol. The lowest BCUT2D eigenvalue weighted by atomic mass is 9.69. The molecule has 0 radical (unpaired) electrons. The minimum absolute atomic E-state index is 0.0142. The Morgan fingerprint density at radius 1 is 0.889 bits per heavy atom. The highest BCUT2D eigenvalue weighted by atomic mass is 16.3. The summed E-state index contributed by atoms with van der Waals surface area (Å²) in [5, 5.41) is 10.8. The van der Waals surface area contributed by atoms with Gasteiger partial charge in [-0.1, -0.05) is 67.1 Å². The molecule has 0 spiro atoms. The first-order valence-corrected chi connectivity index (χ1v) is 9.53. The molecule has 2 aromatic carbocycles. The number of nitrogens with zero attached hydrogens (tertiary/aromatic N) is 1. The predicted molar refractivity (Wildman–Crippen MR) is 107 cm³/mol. The molecule has 3 aromatic rings. The number of Topliss-reactive ketones (excluding diaryl/α,β-unsaturated/α-hetero) is 1. The van der Waals surface area contributed by atoms with E-state index in [9.17, 15) is 9.90 Å². The number of aliphatic hydroxyl groups is 1. The number of aromatic nitrogens is 1. The first-order valence-electron chi connectivity index (χ1n) is 9.53. The highest BCUT2D eigenvalue weighted by molar-refractivity contribution is 5.99. The number of pyridine rings is 1. The Labute approximate surface area is 159 Å². The Morgan fingerprint density at radius 2 is 1.63 bits per heavy atom. The van der Waals surface area contributed by atoms with Crippen molar-refractivity contribution in [3.63, 3.8) is 0 Å². The molecule has 1 fully saturated rings. The molecule has 0 bridgehead atoms. The van der Waals surface area contributed by atoms with Crippen LogP contribution >= 0.6 is 0 Å². The summed E-state index contributed by atoms with van der Waals surface area (Å²) in [4.78, 5) is 17.8. The van der Waals surface area contributed by atoms with Crippen LogP contribution in [0.2, 0.25) is 0 Å². The van der Waals surface area contributed by atoms with Crippen LogP contribution in [0, 0.1) is 5.92 Å². The van der Waals surface area contributed by atoms with Crippen LogP contribution < -0.4 is 0 Å². The molecule has 1 aliphatic rings. The van der Waals surface area contributed by atoms with Crippen molar-refractivity contribution in [2.75, 3.05) is 0 Å². The van der Waals surface area contributed by atoms with E-state index in [1.807, 2.05) is 60.7 Å². The minimum Gasteiger partial charge on any atom is -0.392 e. The monoisotopic (exact) mass is 357 g/mol. The second kappa shape index (κ2) is 7.85. The van der Waals surface area contributed by atoms with Gasteiger partial charge in [0.25, 0.3) is 0 Å². The molecule has 1 N–H and O–H groups in total. The minimum atomic E-state index is -0.617. The van der Waals surface area contributed by atoms with Crippen LogP contribution in [-0.4, -0.2) is 22.0 Å². The van der Waals surface area contributed by atoms with E-state index in [1.165, 1.54) is 0 Å². The van der Waals surface area contributed by atoms with Gasteiger partial charge < -0.3 is 5.11 Å². The molecule has 3 heteroatoms. The third kappa shape index (κ3) is 3.56. The number of hydrogen-bond donors (Lipinski definition) is 1. The number of ketones is 1. The first kappa shape index (κ1) is 17.6. The van der Waals surface area contributed by atoms with E-state index >= 15 is 0 Å². The molecule has 27 heavy (non-hydrogen) atoms. The molecule has 0 saturated heterocycles. The summed E-state index contributed by atoms with van der Waals surface area (Å²) < 4.78 is 0. The zero-order valence-electron chi connectivity index (χ0n) is 15.2. The van der Waals surface area contributed by atoms with Gasteiger partial charge >= 0.3 is 0 Å². The molecule has 0 unspecified atom stereocenters. The molecule has 1 aromatic heterocycles. The van der Waals surface area contributed by atoms with Gasteiger partial charge in [-0.25, -0.2) is 0 Å². The first-order chi connectivity index (χ1) is 13.3. The number of rotatable bonds is 4. The summed E-state index contributed by atoms with van der Waals surface area (Å²) in [7, 11) is 0. The third-order valence-electron chi connectivity index (χ3n) is 5.53. The molecular formula is C24H23NO2. The van der Waals surface area contributed by atoms with E-state index in [2.05, 4.69) is 17.1 Å². The van der Waals surface area contributed by atoms with Crippen LogP contribution in [0.15, 0.2) is 79.0 Å². The van der Waals surface area contributed by atoms with Crippen LogP contribution in [0.1, 0.15) is 41.1 Å². The number of hydrogen-bond acceptors (Lipinski definition) is 3. The number of carbonyl (C=O) groups excluding carboxylic acids is 1. The summed E-state index contributed by atoms with van der Waals surface area (Å²) in [5.41, 5.74) is 3.72. The number of aliphatic hydroxyl groups excluding tert-OH is 1. The van der Waals surface area contributed by atoms with E-state index in [0.29, 0.717) is 12.0 Å². The van der Waals surface area contributed by atoms with Gasteiger partial charge in [0.2, 0.25) is 0 Å². The third-order valence-corrected chi connectivity index (χ3v) is 5.53. The average molecular weight is 357 g/mol. The Morgan fingerprint density at radius 3 is 2.41 bits per heavy atom. The standard InChI is InChI=1S/C24H23NO2/c26-22-15-8-13-20(23(22)24(27)17-9-2-1-3-10-17)18-11-4-5-12-19(18)21-14-6-7-16-25-21/h1-7,9-12,14,16,20,22-23,26H,8,13,15H2/t20-,22+,23-/m0/s1. The van der Waals surface area contributed by atoms with Crippen LogP contribution in [0.5, 0.6) is 0 Å². The van der Waals surface area contributed by atoms with Crippen LogP contribution in [-0.2, 0) is 0 Å². The Bertz CT molecular complexity index is 908. The highest BCUT2D eigenvalue weighted by Crippen LogP contribution is 2.43. The van der Waals surface area contributed by atoms with Crippen molar-refractivity contribution in [2.45, 2.75) is 31.3 Å². The molecule has 1 aliphatic carbocycles. The zero-order chi connectivity index (χ0) is 18.6. The smallest absolute Gasteiger partial charge is 0.169 e. The Kier molecular flexibility index (Phi) is 5.12. The SMILES string of the molecule is O=C(c1ccccc1)[C@@H]1[C@H](O)CCC[C@H]1c1ccccc1-c1ccccn1. The largest absolute Gasteiger partial charge is 0.392 e. The maximum atomic E-state index is 13.3. The summed E-state index contributed by atoms with van der Waals surface area (Å²) in [5.74, 6) is -0.408. The Balaban J connectivity index is 1.77. The second-order valence-electron chi connectivity index (χ2n) is 7.16. The molecule has 3 nitrogen and oxygen atoms in total. The lowest BCUT2D eigenvalue weighted by Gasteiger charge is -2.36. The summed E-state index contributed by atoms with van der Waals surface area (Å²) in [6, 6.07) is 23.3. The van der Waals surface area contributed by atoms with Gasteiger partial charge in [0.1, 0.15) is 0 Å². The fourth-order valence-electron chi connectivity index (χ4n) is 4.25. The van der Waals surface area contributed by atoms with Gasteiger partial charge in [0.05, 0.1) is 17.7 Å². The van der Waals surface area contributed by atoms with Gasteiger partial charge in [-0.15, -0.1) is 0 Å². The van der Waals surface area contributed by atoms with Gasteiger partial charge in [-0.2, -0.15) is 0 Å². The lowest BCUT2D eigenvalue weighted by molar-refractivity contribution is 0.0446. The van der Waals surface area contributed by atoms with E-state index in [-0.39, 0.29) is 11.7 Å². The number of benzene rings is 2. The molecule has 1 heterocycles. The normalized spacial score (nSPS) is 22.3. The van der Waals surface area contributed by atoms with Crippen molar-refractivity contribution in [1.29, 1.82) is 0 Å². The molecule has 136 valence electrons. The van der Waals surface area contributed by atoms with Crippen molar-refractivity contribution >= 4 is 5.78 Å². The van der Waals surface area contributed by atoms with Gasteiger partial charge in [0.15, 0.2) is 5.78 Å². The predicted octanol–water partition coefficient (Wildman–Crippen LogP) is 4.88. The summed E-state index contributed by atoms with van der Waals surface area (Å²) in [6.45, 7) is 0. The van der Waals surface area contributed by atoms with E-state index in [1.54, 1.807) is 6.20 Å². The average Bonchev–Trinajstić information content (AvgIpc) is 2.74. The van der Waals surface area contributed by atoms with Crippen molar-refractivity contribution < 1.29 is 9.90 Å². The summed E-state index contributed by atoms with van der Waals surface area (Å²) >= 11 is 0. The molecule has 0 amide bonds. The quantitative estimate of drug-likeness (QED) is 0.677. The van der Waals surface area contributed by atoms with Crippen molar-refractivity contribution in [3.8, 4) is 11.3 Å². The van der Waals surface area contributed by atoms with Gasteiger partial charge in [-0.05, 0) is 36.5 Å².